The summed E-state index contributed by atoms with van der Waals surface area (Å²) in [5, 5.41) is 0. The number of carbonyl (C=O) groups excluding carboxylic acids is 1. The number of hydrogen-bond donors (Lipinski definition) is 1. The van der Waals surface area contributed by atoms with Gasteiger partial charge in [0.1, 0.15) is 5.82 Å². The van der Waals surface area contributed by atoms with Crippen LogP contribution in [-0.2, 0) is 11.3 Å². The second-order valence-electron chi connectivity index (χ2n) is 3.53. The molecule has 1 saturated heterocycles. The van der Waals surface area contributed by atoms with Crippen molar-refractivity contribution in [2.45, 2.75) is 17.8 Å². The average Bonchev–Trinajstić information content (AvgIpc) is 2.58. The van der Waals surface area contributed by atoms with Crippen molar-refractivity contribution in [3.63, 3.8) is 0 Å². The number of aromatic nitrogens is 1. The summed E-state index contributed by atoms with van der Waals surface area (Å²) in [5.74, 6) is 0.809. The highest BCUT2D eigenvalue weighted by Gasteiger charge is 2.29. The molecule has 1 aromatic rings. The zero-order valence-electron chi connectivity index (χ0n) is 8.19. The first-order valence-corrected chi connectivity index (χ1v) is 5.71. The third-order valence-electron chi connectivity index (χ3n) is 2.40. The minimum atomic E-state index is 0.110. The smallest absolute Gasteiger partial charge is 0.229 e. The predicted molar refractivity (Wildman–Crippen MR) is 61.8 cm³/mol. The molecule has 1 atom stereocenters. The molecule has 1 fully saturated rings. The summed E-state index contributed by atoms with van der Waals surface area (Å²) in [7, 11) is 0. The third kappa shape index (κ3) is 2.18. The molecule has 2 rings (SSSR count). The van der Waals surface area contributed by atoms with Gasteiger partial charge in [0.15, 0.2) is 0 Å². The number of alkyl halides is 1. The molecule has 2 N–H and O–H groups in total. The van der Waals surface area contributed by atoms with Crippen molar-refractivity contribution in [2.75, 3.05) is 11.4 Å². The molecule has 0 aromatic carbocycles. The molecule has 1 aliphatic heterocycles. The summed E-state index contributed by atoms with van der Waals surface area (Å²) in [6, 6.07) is 3.72. The van der Waals surface area contributed by atoms with Gasteiger partial charge in [-0.2, -0.15) is 0 Å². The molecule has 1 aliphatic rings. The minimum absolute atomic E-state index is 0.110. The molecule has 0 radical (unpaired) electrons. The Hall–Kier alpha value is -0.940. The van der Waals surface area contributed by atoms with Crippen LogP contribution < -0.4 is 10.6 Å². The van der Waals surface area contributed by atoms with E-state index in [1.807, 2.05) is 12.1 Å². The van der Waals surface area contributed by atoms with Gasteiger partial charge in [-0.05, 0) is 17.7 Å². The highest BCUT2D eigenvalue weighted by molar-refractivity contribution is 9.09. The Bertz CT molecular complexity index is 383. The number of nitrogens with zero attached hydrogens (tertiary/aromatic N) is 2. The topological polar surface area (TPSA) is 59.2 Å². The van der Waals surface area contributed by atoms with Crippen LogP contribution in [0.4, 0.5) is 5.82 Å². The molecule has 2 heterocycles. The number of amides is 1. The number of hydrogen-bond acceptors (Lipinski definition) is 3. The molecule has 15 heavy (non-hydrogen) atoms. The molecule has 80 valence electrons. The van der Waals surface area contributed by atoms with Gasteiger partial charge in [-0.25, -0.2) is 4.98 Å². The standard InChI is InChI=1S/C10H12BrN3O/c11-8-4-10(15)14(6-8)9-3-7(5-12)1-2-13-9/h1-3,8H,4-6,12H2. The largest absolute Gasteiger partial charge is 0.326 e. The van der Waals surface area contributed by atoms with Crippen LogP contribution in [0.1, 0.15) is 12.0 Å². The summed E-state index contributed by atoms with van der Waals surface area (Å²) >= 11 is 3.44. The van der Waals surface area contributed by atoms with E-state index in [-0.39, 0.29) is 10.7 Å². The lowest BCUT2D eigenvalue weighted by Crippen LogP contribution is -2.25. The second-order valence-corrected chi connectivity index (χ2v) is 4.83. The van der Waals surface area contributed by atoms with Gasteiger partial charge < -0.3 is 5.73 Å². The van der Waals surface area contributed by atoms with Gasteiger partial charge in [-0.15, -0.1) is 0 Å². The zero-order chi connectivity index (χ0) is 10.8. The normalized spacial score (nSPS) is 21.1. The Balaban J connectivity index is 2.25. The lowest BCUT2D eigenvalue weighted by atomic mass is 10.2. The van der Waals surface area contributed by atoms with Crippen molar-refractivity contribution in [3.8, 4) is 0 Å². The fraction of sp³-hybridized carbons (Fsp3) is 0.400. The van der Waals surface area contributed by atoms with E-state index in [1.54, 1.807) is 11.1 Å². The lowest BCUT2D eigenvalue weighted by molar-refractivity contribution is -0.117. The molecule has 4 nitrogen and oxygen atoms in total. The predicted octanol–water partition coefficient (Wildman–Crippen LogP) is 1.04. The fourth-order valence-electron chi connectivity index (χ4n) is 1.62. The molecule has 5 heteroatoms. The monoisotopic (exact) mass is 269 g/mol. The molecule has 1 unspecified atom stereocenters. The number of anilines is 1. The van der Waals surface area contributed by atoms with Crippen LogP contribution in [0.2, 0.25) is 0 Å². The molecular formula is C10H12BrN3O. The maximum absolute atomic E-state index is 11.6. The number of carbonyl (C=O) groups is 1. The summed E-state index contributed by atoms with van der Waals surface area (Å²) in [5.41, 5.74) is 6.53. The van der Waals surface area contributed by atoms with Gasteiger partial charge in [0.2, 0.25) is 5.91 Å². The van der Waals surface area contributed by atoms with Crippen molar-refractivity contribution in [2.24, 2.45) is 5.73 Å². The van der Waals surface area contributed by atoms with Gasteiger partial charge in [-0.3, -0.25) is 9.69 Å². The summed E-state index contributed by atoms with van der Waals surface area (Å²) < 4.78 is 0. The van der Waals surface area contributed by atoms with Gasteiger partial charge in [0.05, 0.1) is 0 Å². The highest BCUT2D eigenvalue weighted by atomic mass is 79.9. The average molecular weight is 270 g/mol. The Labute approximate surface area is 96.6 Å². The van der Waals surface area contributed by atoms with Crippen LogP contribution in [0.5, 0.6) is 0 Å². The molecule has 0 saturated carbocycles. The van der Waals surface area contributed by atoms with Crippen LogP contribution in [0, 0.1) is 0 Å². The van der Waals surface area contributed by atoms with Crippen molar-refractivity contribution in [3.05, 3.63) is 23.9 Å². The number of pyridine rings is 1. The quantitative estimate of drug-likeness (QED) is 0.817. The SMILES string of the molecule is NCc1ccnc(N2CC(Br)CC2=O)c1. The molecule has 0 bridgehead atoms. The zero-order valence-corrected chi connectivity index (χ0v) is 9.77. The van der Waals surface area contributed by atoms with Crippen LogP contribution >= 0.6 is 15.9 Å². The van der Waals surface area contributed by atoms with E-state index in [2.05, 4.69) is 20.9 Å². The van der Waals surface area contributed by atoms with Crippen molar-refractivity contribution < 1.29 is 4.79 Å². The summed E-state index contributed by atoms with van der Waals surface area (Å²) in [6.45, 7) is 1.15. The summed E-state index contributed by atoms with van der Waals surface area (Å²) in [4.78, 5) is 17.7. The third-order valence-corrected chi connectivity index (χ3v) is 3.01. The Morgan fingerprint density at radius 3 is 3.07 bits per heavy atom. The van der Waals surface area contributed by atoms with E-state index in [9.17, 15) is 4.79 Å². The first-order valence-electron chi connectivity index (χ1n) is 4.80. The number of rotatable bonds is 2. The number of halogens is 1. The van der Waals surface area contributed by atoms with Crippen LogP contribution in [0.25, 0.3) is 0 Å². The van der Waals surface area contributed by atoms with Crippen molar-refractivity contribution >= 4 is 27.7 Å². The van der Waals surface area contributed by atoms with Crippen LogP contribution in [0.3, 0.4) is 0 Å². The first kappa shape index (κ1) is 10.6. The summed E-state index contributed by atoms with van der Waals surface area (Å²) in [6.07, 6.45) is 2.22. The van der Waals surface area contributed by atoms with Crippen molar-refractivity contribution in [1.29, 1.82) is 0 Å². The fourth-order valence-corrected chi connectivity index (χ4v) is 2.19. The molecule has 1 amide bonds. The Kier molecular flexibility index (Phi) is 3.02. The van der Waals surface area contributed by atoms with E-state index in [1.165, 1.54) is 0 Å². The maximum Gasteiger partial charge on any atom is 0.229 e. The molecular weight excluding hydrogens is 258 g/mol. The molecule has 0 aliphatic carbocycles. The van der Waals surface area contributed by atoms with Gasteiger partial charge in [0.25, 0.3) is 0 Å². The molecule has 0 spiro atoms. The molecule has 1 aromatic heterocycles. The van der Waals surface area contributed by atoms with E-state index in [0.29, 0.717) is 25.3 Å². The van der Waals surface area contributed by atoms with Gasteiger partial charge >= 0.3 is 0 Å². The van der Waals surface area contributed by atoms with Crippen molar-refractivity contribution in [1.82, 2.24) is 4.98 Å². The van der Waals surface area contributed by atoms with Crippen LogP contribution in [0.15, 0.2) is 18.3 Å². The van der Waals surface area contributed by atoms with E-state index in [0.717, 1.165) is 5.56 Å². The maximum atomic E-state index is 11.6. The highest BCUT2D eigenvalue weighted by Crippen LogP contribution is 2.23. The van der Waals surface area contributed by atoms with E-state index in [4.69, 9.17) is 5.73 Å². The van der Waals surface area contributed by atoms with E-state index < -0.39 is 0 Å². The Morgan fingerprint density at radius 2 is 2.47 bits per heavy atom. The Morgan fingerprint density at radius 1 is 1.67 bits per heavy atom. The van der Waals surface area contributed by atoms with Gasteiger partial charge in [0, 0.05) is 30.5 Å². The number of nitrogens with two attached hydrogens (primary N) is 1. The minimum Gasteiger partial charge on any atom is -0.326 e. The first-order chi connectivity index (χ1) is 7.20. The van der Waals surface area contributed by atoms with E-state index >= 15 is 0 Å². The van der Waals surface area contributed by atoms with Gasteiger partial charge in [-0.1, -0.05) is 15.9 Å². The lowest BCUT2D eigenvalue weighted by Gasteiger charge is -2.15. The second kappa shape index (κ2) is 4.28. The van der Waals surface area contributed by atoms with Crippen LogP contribution in [-0.4, -0.2) is 22.3 Å².